The monoisotopic (exact) mass is 221 g/mol. The van der Waals surface area contributed by atoms with Crippen molar-refractivity contribution in [2.75, 3.05) is 13.7 Å². The van der Waals surface area contributed by atoms with Gasteiger partial charge in [-0.15, -0.1) is 0 Å². The Hall–Kier alpha value is -0.860. The van der Waals surface area contributed by atoms with Crippen LogP contribution in [0.5, 0.6) is 0 Å². The van der Waals surface area contributed by atoms with E-state index in [0.29, 0.717) is 12.1 Å². The van der Waals surface area contributed by atoms with E-state index in [4.69, 9.17) is 4.74 Å². The molecule has 0 aliphatic rings. The highest BCUT2D eigenvalue weighted by Gasteiger charge is 2.06. The van der Waals surface area contributed by atoms with E-state index in [0.717, 1.165) is 19.4 Å². The van der Waals surface area contributed by atoms with Crippen LogP contribution in [-0.2, 0) is 11.2 Å². The summed E-state index contributed by atoms with van der Waals surface area (Å²) in [7, 11) is 1.74. The maximum absolute atomic E-state index is 5.10. The second-order valence-corrected chi connectivity index (χ2v) is 4.45. The van der Waals surface area contributed by atoms with Crippen LogP contribution < -0.4 is 5.32 Å². The summed E-state index contributed by atoms with van der Waals surface area (Å²) < 4.78 is 5.10. The van der Waals surface area contributed by atoms with Gasteiger partial charge in [0, 0.05) is 19.2 Å². The van der Waals surface area contributed by atoms with Crippen LogP contribution in [0.3, 0.4) is 0 Å². The number of benzene rings is 1. The summed E-state index contributed by atoms with van der Waals surface area (Å²) in [6.07, 6.45) is 2.30. The quantitative estimate of drug-likeness (QED) is 0.764. The van der Waals surface area contributed by atoms with Gasteiger partial charge >= 0.3 is 0 Å². The number of methoxy groups -OCH3 is 1. The zero-order valence-corrected chi connectivity index (χ0v) is 10.6. The minimum atomic E-state index is 0.427. The molecule has 1 rings (SSSR count). The molecular formula is C14H23NO. The van der Waals surface area contributed by atoms with Crippen molar-refractivity contribution in [1.29, 1.82) is 0 Å². The summed E-state index contributed by atoms with van der Waals surface area (Å²) in [5, 5.41) is 3.53. The first-order valence-electron chi connectivity index (χ1n) is 6.01. The number of aryl methyl sites for hydroxylation is 1. The van der Waals surface area contributed by atoms with Crippen LogP contribution in [0, 0.1) is 0 Å². The van der Waals surface area contributed by atoms with Gasteiger partial charge in [0.05, 0.1) is 6.61 Å². The van der Waals surface area contributed by atoms with Gasteiger partial charge in [0.1, 0.15) is 0 Å². The normalized spacial score (nSPS) is 14.7. The van der Waals surface area contributed by atoms with Gasteiger partial charge in [-0.2, -0.15) is 0 Å². The molecule has 0 fully saturated rings. The third-order valence-corrected chi connectivity index (χ3v) is 2.69. The molecule has 0 heterocycles. The van der Waals surface area contributed by atoms with Crippen molar-refractivity contribution in [3.8, 4) is 0 Å². The van der Waals surface area contributed by atoms with Crippen LogP contribution in [0.25, 0.3) is 0 Å². The van der Waals surface area contributed by atoms with Crippen molar-refractivity contribution in [3.05, 3.63) is 35.9 Å². The minimum absolute atomic E-state index is 0.427. The molecule has 2 nitrogen and oxygen atoms in total. The van der Waals surface area contributed by atoms with Crippen LogP contribution in [0.15, 0.2) is 30.3 Å². The SMILES string of the molecule is COCC(C)NC(C)CCc1ccccc1. The minimum Gasteiger partial charge on any atom is -0.383 e. The van der Waals surface area contributed by atoms with Gasteiger partial charge < -0.3 is 10.1 Å². The van der Waals surface area contributed by atoms with E-state index in [1.165, 1.54) is 5.56 Å². The Bertz CT molecular complexity index is 273. The van der Waals surface area contributed by atoms with E-state index < -0.39 is 0 Å². The number of rotatable bonds is 7. The third kappa shape index (κ3) is 5.29. The molecule has 0 bridgehead atoms. The summed E-state index contributed by atoms with van der Waals surface area (Å²) in [4.78, 5) is 0. The van der Waals surface area contributed by atoms with Crippen LogP contribution in [0.2, 0.25) is 0 Å². The highest BCUT2D eigenvalue weighted by molar-refractivity contribution is 5.14. The third-order valence-electron chi connectivity index (χ3n) is 2.69. The molecule has 90 valence electrons. The molecule has 2 atom stereocenters. The van der Waals surface area contributed by atoms with Gasteiger partial charge in [-0.05, 0) is 32.3 Å². The maximum atomic E-state index is 5.10. The lowest BCUT2D eigenvalue weighted by Crippen LogP contribution is -2.37. The maximum Gasteiger partial charge on any atom is 0.0613 e. The Labute approximate surface area is 99.0 Å². The molecule has 2 unspecified atom stereocenters. The molecule has 0 aliphatic heterocycles. The van der Waals surface area contributed by atoms with Crippen molar-refractivity contribution >= 4 is 0 Å². The lowest BCUT2D eigenvalue weighted by atomic mass is 10.1. The molecular weight excluding hydrogens is 198 g/mol. The van der Waals surface area contributed by atoms with E-state index in [9.17, 15) is 0 Å². The molecule has 0 aromatic heterocycles. The molecule has 0 spiro atoms. The van der Waals surface area contributed by atoms with Gasteiger partial charge in [-0.25, -0.2) is 0 Å². The van der Waals surface area contributed by atoms with Crippen LogP contribution in [-0.4, -0.2) is 25.8 Å². The van der Waals surface area contributed by atoms with E-state index in [2.05, 4.69) is 49.5 Å². The zero-order valence-electron chi connectivity index (χ0n) is 10.6. The second-order valence-electron chi connectivity index (χ2n) is 4.45. The summed E-state index contributed by atoms with van der Waals surface area (Å²) >= 11 is 0. The first-order chi connectivity index (χ1) is 7.72. The zero-order chi connectivity index (χ0) is 11.8. The lowest BCUT2D eigenvalue weighted by Gasteiger charge is -2.19. The first kappa shape index (κ1) is 13.2. The first-order valence-corrected chi connectivity index (χ1v) is 6.01. The van der Waals surface area contributed by atoms with E-state index in [-0.39, 0.29) is 0 Å². The Morgan fingerprint density at radius 3 is 2.44 bits per heavy atom. The molecule has 0 saturated carbocycles. The van der Waals surface area contributed by atoms with Crippen LogP contribution in [0.1, 0.15) is 25.8 Å². The lowest BCUT2D eigenvalue weighted by molar-refractivity contribution is 0.167. The average molecular weight is 221 g/mol. The Balaban J connectivity index is 2.22. The van der Waals surface area contributed by atoms with Crippen molar-refractivity contribution < 1.29 is 4.74 Å². The fourth-order valence-electron chi connectivity index (χ4n) is 1.89. The van der Waals surface area contributed by atoms with Gasteiger partial charge in [-0.1, -0.05) is 30.3 Å². The van der Waals surface area contributed by atoms with Crippen molar-refractivity contribution in [2.24, 2.45) is 0 Å². The van der Waals surface area contributed by atoms with Gasteiger partial charge in [0.15, 0.2) is 0 Å². The largest absolute Gasteiger partial charge is 0.383 e. The van der Waals surface area contributed by atoms with Gasteiger partial charge in [0.25, 0.3) is 0 Å². The summed E-state index contributed by atoms with van der Waals surface area (Å²) in [5.74, 6) is 0. The average Bonchev–Trinajstić information content (AvgIpc) is 2.28. The molecule has 16 heavy (non-hydrogen) atoms. The number of hydrogen-bond donors (Lipinski definition) is 1. The Morgan fingerprint density at radius 2 is 1.81 bits per heavy atom. The molecule has 1 N–H and O–H groups in total. The topological polar surface area (TPSA) is 21.3 Å². The highest BCUT2D eigenvalue weighted by atomic mass is 16.5. The van der Waals surface area contributed by atoms with E-state index in [1.807, 2.05) is 0 Å². The predicted molar refractivity (Wildman–Crippen MR) is 68.7 cm³/mol. The highest BCUT2D eigenvalue weighted by Crippen LogP contribution is 2.05. The molecule has 0 amide bonds. The van der Waals surface area contributed by atoms with Gasteiger partial charge in [0.2, 0.25) is 0 Å². The van der Waals surface area contributed by atoms with E-state index >= 15 is 0 Å². The van der Waals surface area contributed by atoms with Crippen LogP contribution in [0.4, 0.5) is 0 Å². The fourth-order valence-corrected chi connectivity index (χ4v) is 1.89. The fraction of sp³-hybridized carbons (Fsp3) is 0.571. The Kier molecular flexibility index (Phi) is 6.12. The van der Waals surface area contributed by atoms with Crippen molar-refractivity contribution in [1.82, 2.24) is 5.32 Å². The molecule has 0 radical (unpaired) electrons. The van der Waals surface area contributed by atoms with Crippen molar-refractivity contribution in [3.63, 3.8) is 0 Å². The second kappa shape index (κ2) is 7.42. The standard InChI is InChI=1S/C14H23NO/c1-12(15-13(2)11-16-3)9-10-14-7-5-4-6-8-14/h4-8,12-13,15H,9-11H2,1-3H3. The van der Waals surface area contributed by atoms with E-state index in [1.54, 1.807) is 7.11 Å². The number of hydrogen-bond acceptors (Lipinski definition) is 2. The van der Waals surface area contributed by atoms with Gasteiger partial charge in [-0.3, -0.25) is 0 Å². The summed E-state index contributed by atoms with van der Waals surface area (Å²) in [5.41, 5.74) is 1.41. The molecule has 1 aromatic rings. The molecule has 0 saturated heterocycles. The number of nitrogens with one attached hydrogen (secondary N) is 1. The van der Waals surface area contributed by atoms with Crippen LogP contribution >= 0.6 is 0 Å². The smallest absolute Gasteiger partial charge is 0.0613 e. The van der Waals surface area contributed by atoms with Crippen molar-refractivity contribution in [2.45, 2.75) is 38.8 Å². The Morgan fingerprint density at radius 1 is 1.12 bits per heavy atom. The molecule has 2 heteroatoms. The summed E-state index contributed by atoms with van der Waals surface area (Å²) in [6, 6.07) is 11.6. The molecule has 0 aliphatic carbocycles. The molecule has 1 aromatic carbocycles. The summed E-state index contributed by atoms with van der Waals surface area (Å²) in [6.45, 7) is 5.16. The number of ether oxygens (including phenoxy) is 1. The predicted octanol–water partition coefficient (Wildman–Crippen LogP) is 2.63.